The van der Waals surface area contributed by atoms with Crippen molar-refractivity contribution in [3.8, 4) is 0 Å². The molecule has 3 nitrogen and oxygen atoms in total. The van der Waals surface area contributed by atoms with Crippen molar-refractivity contribution < 1.29 is 25.8 Å². The van der Waals surface area contributed by atoms with Crippen molar-refractivity contribution in [1.82, 2.24) is 0 Å². The Morgan fingerprint density at radius 1 is 1.28 bits per heavy atom. The van der Waals surface area contributed by atoms with Crippen LogP contribution in [-0.4, -0.2) is 20.5 Å². The molecule has 1 aliphatic carbocycles. The van der Waals surface area contributed by atoms with Crippen LogP contribution in [0.5, 0.6) is 0 Å². The Hall–Kier alpha value is -0.300. The lowest BCUT2D eigenvalue weighted by molar-refractivity contribution is -0.0599. The molecular weight excluding hydrogens is 269 g/mol. The van der Waals surface area contributed by atoms with E-state index in [0.29, 0.717) is 5.92 Å². The molecule has 0 unspecified atom stereocenters. The predicted molar refractivity (Wildman–Crippen MR) is 61.3 cm³/mol. The van der Waals surface area contributed by atoms with Crippen molar-refractivity contribution in [2.45, 2.75) is 51.5 Å². The topological polar surface area (TPSA) is 43.4 Å². The first kappa shape index (κ1) is 15.8. The molecule has 0 aromatic heterocycles. The van der Waals surface area contributed by atoms with Gasteiger partial charge in [-0.15, -0.1) is 0 Å². The third kappa shape index (κ3) is 3.85. The molecule has 0 amide bonds. The summed E-state index contributed by atoms with van der Waals surface area (Å²) in [6.07, 6.45) is 4.00. The van der Waals surface area contributed by atoms with Gasteiger partial charge < -0.3 is 0 Å². The van der Waals surface area contributed by atoms with Crippen molar-refractivity contribution in [2.24, 2.45) is 11.3 Å². The highest BCUT2D eigenvalue weighted by Gasteiger charge is 2.49. The molecule has 0 aliphatic heterocycles. The summed E-state index contributed by atoms with van der Waals surface area (Å²) in [6.45, 7) is 3.71. The zero-order valence-electron chi connectivity index (χ0n) is 10.6. The monoisotopic (exact) mass is 288 g/mol. The van der Waals surface area contributed by atoms with Gasteiger partial charge in [-0.1, -0.05) is 26.7 Å². The summed E-state index contributed by atoms with van der Waals surface area (Å²) in [5.41, 5.74) is -5.70. The summed E-state index contributed by atoms with van der Waals surface area (Å²) in [6, 6.07) is 0. The van der Waals surface area contributed by atoms with E-state index in [1.165, 1.54) is 0 Å². The SMILES string of the molecule is CC(C)CCC1(COS(=O)(=O)C(F)(F)F)CCC1. The average Bonchev–Trinajstić information content (AvgIpc) is 2.13. The second kappa shape index (κ2) is 5.36. The van der Waals surface area contributed by atoms with Gasteiger partial charge in [0, 0.05) is 0 Å². The van der Waals surface area contributed by atoms with E-state index in [4.69, 9.17) is 0 Å². The second-order valence-electron chi connectivity index (χ2n) is 5.45. The van der Waals surface area contributed by atoms with Crippen LogP contribution in [-0.2, 0) is 14.3 Å². The molecule has 1 fully saturated rings. The molecule has 0 bridgehead atoms. The fourth-order valence-electron chi connectivity index (χ4n) is 2.01. The maximum atomic E-state index is 12.1. The normalized spacial score (nSPS) is 19.9. The Labute approximate surface area is 106 Å². The molecule has 7 heteroatoms. The van der Waals surface area contributed by atoms with Gasteiger partial charge in [0.1, 0.15) is 0 Å². The summed E-state index contributed by atoms with van der Waals surface area (Å²) in [7, 11) is -5.45. The molecule has 0 saturated heterocycles. The minimum Gasteiger partial charge on any atom is -0.263 e. The van der Waals surface area contributed by atoms with E-state index < -0.39 is 15.6 Å². The maximum absolute atomic E-state index is 12.1. The number of rotatable bonds is 6. The summed E-state index contributed by atoms with van der Waals surface area (Å²) in [4.78, 5) is 0. The predicted octanol–water partition coefficient (Wildman–Crippen LogP) is 3.46. The van der Waals surface area contributed by atoms with Gasteiger partial charge in [0.2, 0.25) is 0 Å². The van der Waals surface area contributed by atoms with Crippen molar-refractivity contribution in [3.63, 3.8) is 0 Å². The van der Waals surface area contributed by atoms with Gasteiger partial charge >= 0.3 is 15.6 Å². The smallest absolute Gasteiger partial charge is 0.263 e. The third-order valence-corrected chi connectivity index (χ3v) is 4.47. The highest BCUT2D eigenvalue weighted by atomic mass is 32.2. The van der Waals surface area contributed by atoms with Crippen LogP contribution in [0, 0.1) is 11.3 Å². The molecule has 1 saturated carbocycles. The summed E-state index contributed by atoms with van der Waals surface area (Å²) < 4.78 is 62.2. The van der Waals surface area contributed by atoms with Gasteiger partial charge in [0.25, 0.3) is 0 Å². The minimum absolute atomic E-state index is 0.346. The van der Waals surface area contributed by atoms with Crippen LogP contribution in [0.4, 0.5) is 13.2 Å². The fourth-order valence-corrected chi connectivity index (χ4v) is 2.55. The van der Waals surface area contributed by atoms with E-state index >= 15 is 0 Å². The molecule has 0 heterocycles. The largest absolute Gasteiger partial charge is 0.523 e. The van der Waals surface area contributed by atoms with Crippen LogP contribution < -0.4 is 0 Å². The second-order valence-corrected chi connectivity index (χ2v) is 7.05. The number of halogens is 3. The van der Waals surface area contributed by atoms with Gasteiger partial charge in [-0.2, -0.15) is 21.6 Å². The third-order valence-electron chi connectivity index (χ3n) is 3.47. The van der Waals surface area contributed by atoms with Gasteiger partial charge in [0.05, 0.1) is 6.61 Å². The molecule has 0 aromatic rings. The molecular formula is C11H19F3O3S. The van der Waals surface area contributed by atoms with Gasteiger partial charge in [0.15, 0.2) is 0 Å². The molecule has 1 aliphatic rings. The highest BCUT2D eigenvalue weighted by Crippen LogP contribution is 2.46. The number of hydrogen-bond donors (Lipinski definition) is 0. The van der Waals surface area contributed by atoms with Crippen molar-refractivity contribution in [3.05, 3.63) is 0 Å². The standard InChI is InChI=1S/C11H19F3O3S/c1-9(2)4-7-10(5-3-6-10)8-17-18(15,16)11(12,13)14/h9H,3-8H2,1-2H3. The molecule has 0 atom stereocenters. The lowest BCUT2D eigenvalue weighted by Crippen LogP contribution is -2.38. The zero-order chi connectivity index (χ0) is 14.0. The van der Waals surface area contributed by atoms with Crippen LogP contribution in [0.2, 0.25) is 0 Å². The van der Waals surface area contributed by atoms with Crippen molar-refractivity contribution >= 4 is 10.1 Å². The molecule has 1 rings (SSSR count). The Bertz CT molecular complexity index is 369. The molecule has 108 valence electrons. The van der Waals surface area contributed by atoms with Crippen LogP contribution >= 0.6 is 0 Å². The Morgan fingerprint density at radius 2 is 1.83 bits per heavy atom. The maximum Gasteiger partial charge on any atom is 0.523 e. The highest BCUT2D eigenvalue weighted by molar-refractivity contribution is 7.87. The molecule has 0 radical (unpaired) electrons. The van der Waals surface area contributed by atoms with Crippen LogP contribution in [0.1, 0.15) is 46.0 Å². The Balaban J connectivity index is 2.55. The average molecular weight is 288 g/mol. The Morgan fingerprint density at radius 3 is 2.17 bits per heavy atom. The summed E-state index contributed by atoms with van der Waals surface area (Å²) in [5.74, 6) is 0.446. The molecule has 18 heavy (non-hydrogen) atoms. The lowest BCUT2D eigenvalue weighted by Gasteiger charge is -2.41. The number of alkyl halides is 3. The van der Waals surface area contributed by atoms with E-state index in [-0.39, 0.29) is 12.0 Å². The first-order chi connectivity index (χ1) is 8.08. The lowest BCUT2D eigenvalue weighted by atomic mass is 9.66. The van der Waals surface area contributed by atoms with Gasteiger partial charge in [-0.05, 0) is 30.6 Å². The van der Waals surface area contributed by atoms with E-state index in [1.54, 1.807) is 0 Å². The summed E-state index contributed by atoms with van der Waals surface area (Å²) in [5, 5.41) is 0. The van der Waals surface area contributed by atoms with E-state index in [9.17, 15) is 21.6 Å². The van der Waals surface area contributed by atoms with Gasteiger partial charge in [-0.25, -0.2) is 0 Å². The first-order valence-electron chi connectivity index (χ1n) is 6.04. The van der Waals surface area contributed by atoms with E-state index in [0.717, 1.165) is 32.1 Å². The van der Waals surface area contributed by atoms with Crippen LogP contribution in [0.15, 0.2) is 0 Å². The van der Waals surface area contributed by atoms with Gasteiger partial charge in [-0.3, -0.25) is 4.18 Å². The summed E-state index contributed by atoms with van der Waals surface area (Å²) >= 11 is 0. The number of hydrogen-bond acceptors (Lipinski definition) is 3. The molecule has 0 aromatic carbocycles. The Kier molecular flexibility index (Phi) is 4.70. The van der Waals surface area contributed by atoms with Crippen LogP contribution in [0.3, 0.4) is 0 Å². The molecule has 0 spiro atoms. The van der Waals surface area contributed by atoms with Crippen molar-refractivity contribution in [1.29, 1.82) is 0 Å². The fraction of sp³-hybridized carbons (Fsp3) is 1.00. The van der Waals surface area contributed by atoms with E-state index in [2.05, 4.69) is 4.18 Å². The minimum atomic E-state index is -5.45. The first-order valence-corrected chi connectivity index (χ1v) is 7.45. The van der Waals surface area contributed by atoms with Crippen molar-refractivity contribution in [2.75, 3.05) is 6.61 Å². The quantitative estimate of drug-likeness (QED) is 0.555. The van der Waals surface area contributed by atoms with E-state index in [1.807, 2.05) is 13.8 Å². The zero-order valence-corrected chi connectivity index (χ0v) is 11.4. The molecule has 0 N–H and O–H groups in total. The van der Waals surface area contributed by atoms with Crippen LogP contribution in [0.25, 0.3) is 0 Å².